The van der Waals surface area contributed by atoms with E-state index in [1.807, 2.05) is 0 Å². The second-order valence-electron chi connectivity index (χ2n) is 12.3. The zero-order valence-corrected chi connectivity index (χ0v) is 34.7. The summed E-state index contributed by atoms with van der Waals surface area (Å²) in [5.74, 6) is -2.19. The van der Waals surface area contributed by atoms with Gasteiger partial charge in [-0.25, -0.2) is 32.1 Å². The molecule has 21 heteroatoms. The van der Waals surface area contributed by atoms with Crippen molar-refractivity contribution in [3.05, 3.63) is 159 Å². The van der Waals surface area contributed by atoms with Crippen LogP contribution in [0.1, 0.15) is 19.4 Å². The van der Waals surface area contributed by atoms with Gasteiger partial charge in [0, 0.05) is 30.2 Å². The number of nitrogens with two attached hydrogens (primary N) is 2. The highest BCUT2D eigenvalue weighted by atomic mass is 35.5. The van der Waals surface area contributed by atoms with E-state index in [4.69, 9.17) is 57.3 Å². The molecule has 0 unspecified atom stereocenters. The standard InChI is InChI=1S/C20H14Cl2F3N3O4S.C20H17ClN2O4S/c21-14-4-2-1-3-11(14)7-18(29)28-12-5-6-16(17(8-12)33(26,30)31)32-19-9-13(20(23,24)25)15(22)10-27-19;21-15-7-4-8-17(12-15)27-18-10-9-16(13-19(18)28(22,25)26)23-20(24)11-14-5-2-1-3-6-14/h1-6,8-10H,7H2,(H,28,29)(H2,26,30,31);1-10,12-13H,11H2,(H,23,24)(H2,22,25,26)/i;11D2. The molecule has 13 nitrogen and oxygen atoms in total. The Morgan fingerprint density at radius 1 is 0.689 bits per heavy atom. The summed E-state index contributed by atoms with van der Waals surface area (Å²) in [5, 5.41) is 15.5. The summed E-state index contributed by atoms with van der Waals surface area (Å²) >= 11 is 17.5. The van der Waals surface area contributed by atoms with E-state index in [9.17, 15) is 39.6 Å². The number of hydrogen-bond acceptors (Lipinski definition) is 9. The second kappa shape index (κ2) is 19.8. The fraction of sp³-hybridized carbons (Fsp3) is 0.0750. The number of nitrogens with one attached hydrogen (secondary N) is 2. The van der Waals surface area contributed by atoms with Crippen LogP contribution in [0.15, 0.2) is 137 Å². The van der Waals surface area contributed by atoms with Gasteiger partial charge < -0.3 is 20.1 Å². The molecule has 0 radical (unpaired) electrons. The Morgan fingerprint density at radius 3 is 1.84 bits per heavy atom. The third-order valence-corrected chi connectivity index (χ3v) is 10.5. The SMILES string of the molecule is NS(=O)(=O)c1cc(NC(=O)Cc2ccccc2Cl)ccc1Oc1cc(C(F)(F)F)c(Cl)cn1.[2H]C([2H])(C(=O)Nc1ccc(Oc2cccc(Cl)c2)c(S(N)(=O)=O)c1)c1ccccc1. The number of carbonyl (C=O) groups is 2. The molecular formula is C40H31Cl3F3N5O8S2. The largest absolute Gasteiger partial charge is 0.456 e. The van der Waals surface area contributed by atoms with E-state index in [-0.39, 0.29) is 34.0 Å². The summed E-state index contributed by atoms with van der Waals surface area (Å²) in [6.45, 7) is 0. The number of alkyl halides is 3. The van der Waals surface area contributed by atoms with Crippen LogP contribution in [0.3, 0.4) is 0 Å². The minimum atomic E-state index is -4.78. The predicted molar refractivity (Wildman–Crippen MR) is 224 cm³/mol. The summed E-state index contributed by atoms with van der Waals surface area (Å²) in [5.41, 5.74) is -0.395. The third kappa shape index (κ3) is 13.6. The Morgan fingerprint density at radius 2 is 1.26 bits per heavy atom. The Kier molecular flexibility index (Phi) is 14.1. The molecule has 0 aliphatic carbocycles. The average molecular weight is 939 g/mol. The summed E-state index contributed by atoms with van der Waals surface area (Å²) in [6, 6.07) is 28.7. The van der Waals surface area contributed by atoms with Crippen molar-refractivity contribution >= 4 is 78.0 Å². The van der Waals surface area contributed by atoms with E-state index in [1.54, 1.807) is 60.7 Å². The van der Waals surface area contributed by atoms with Crippen molar-refractivity contribution in [1.82, 2.24) is 4.98 Å². The first-order valence-corrected chi connectivity index (χ1v) is 21.2. The smallest absolute Gasteiger partial charge is 0.418 e. The van der Waals surface area contributed by atoms with Crippen molar-refractivity contribution in [2.75, 3.05) is 10.6 Å². The number of pyridine rings is 1. The Bertz CT molecular complexity index is 2900. The van der Waals surface area contributed by atoms with E-state index in [2.05, 4.69) is 15.6 Å². The molecule has 1 aromatic heterocycles. The van der Waals surface area contributed by atoms with E-state index in [0.717, 1.165) is 24.4 Å². The molecule has 318 valence electrons. The minimum Gasteiger partial charge on any atom is -0.456 e. The molecule has 0 bridgehead atoms. The van der Waals surface area contributed by atoms with Gasteiger partial charge in [-0.1, -0.05) is 89.4 Å². The van der Waals surface area contributed by atoms with Crippen LogP contribution in [0.5, 0.6) is 23.1 Å². The number of nitrogens with zero attached hydrogens (tertiary/aromatic N) is 1. The first-order chi connectivity index (χ1) is 29.4. The molecular weight excluding hydrogens is 906 g/mol. The van der Waals surface area contributed by atoms with Crippen LogP contribution in [0, 0.1) is 0 Å². The summed E-state index contributed by atoms with van der Waals surface area (Å²) in [4.78, 5) is 27.5. The molecule has 0 atom stereocenters. The van der Waals surface area contributed by atoms with Crippen LogP contribution in [0.4, 0.5) is 24.5 Å². The van der Waals surface area contributed by atoms with Gasteiger partial charge in [-0.05, 0) is 71.8 Å². The van der Waals surface area contributed by atoms with Gasteiger partial charge in [0.25, 0.3) is 0 Å². The van der Waals surface area contributed by atoms with Crippen LogP contribution in [-0.2, 0) is 48.6 Å². The zero-order valence-electron chi connectivity index (χ0n) is 32.8. The van der Waals surface area contributed by atoms with Gasteiger partial charge >= 0.3 is 6.18 Å². The van der Waals surface area contributed by atoms with Crippen molar-refractivity contribution in [2.24, 2.45) is 10.3 Å². The molecule has 0 saturated heterocycles. The number of anilines is 2. The number of benzene rings is 5. The highest BCUT2D eigenvalue weighted by Crippen LogP contribution is 2.38. The van der Waals surface area contributed by atoms with Gasteiger partial charge in [-0.3, -0.25) is 9.59 Å². The van der Waals surface area contributed by atoms with Crippen molar-refractivity contribution in [2.45, 2.75) is 28.8 Å². The summed E-state index contributed by atoms with van der Waals surface area (Å²) in [6.07, 6.45) is -6.48. The lowest BCUT2D eigenvalue weighted by Gasteiger charge is -2.14. The number of rotatable bonds is 12. The van der Waals surface area contributed by atoms with Crippen LogP contribution < -0.4 is 30.4 Å². The minimum absolute atomic E-state index is 0.0438. The van der Waals surface area contributed by atoms with Crippen LogP contribution >= 0.6 is 34.8 Å². The average Bonchev–Trinajstić information content (AvgIpc) is 3.20. The molecule has 6 rings (SSSR count). The summed E-state index contributed by atoms with van der Waals surface area (Å²) in [7, 11) is -8.61. The molecule has 0 saturated carbocycles. The van der Waals surface area contributed by atoms with Gasteiger partial charge in [-0.15, -0.1) is 0 Å². The maximum atomic E-state index is 13.1. The Hall–Kier alpha value is -5.73. The molecule has 2 amide bonds. The highest BCUT2D eigenvalue weighted by Gasteiger charge is 2.34. The quantitative estimate of drug-likeness (QED) is 0.0921. The van der Waals surface area contributed by atoms with Crippen LogP contribution in [-0.4, -0.2) is 33.6 Å². The molecule has 1 heterocycles. The van der Waals surface area contributed by atoms with E-state index in [1.165, 1.54) is 36.4 Å². The lowest BCUT2D eigenvalue weighted by molar-refractivity contribution is -0.137. The molecule has 0 fully saturated rings. The number of sulfonamides is 2. The number of aromatic nitrogens is 1. The fourth-order valence-corrected chi connectivity index (χ4v) is 7.04. The van der Waals surface area contributed by atoms with Crippen molar-refractivity contribution < 1.29 is 51.8 Å². The molecule has 0 spiro atoms. The maximum absolute atomic E-state index is 13.1. The van der Waals surface area contributed by atoms with Crippen molar-refractivity contribution in [3.8, 4) is 23.1 Å². The van der Waals surface area contributed by atoms with Gasteiger partial charge in [0.1, 0.15) is 27.0 Å². The fourth-order valence-electron chi connectivity index (χ4n) is 5.08. The maximum Gasteiger partial charge on any atom is 0.418 e. The second-order valence-corrected chi connectivity index (χ2v) is 16.6. The van der Waals surface area contributed by atoms with Gasteiger partial charge in [0.15, 0.2) is 0 Å². The molecule has 0 aliphatic heterocycles. The molecule has 6 aromatic rings. The number of primary sulfonamides is 2. The van der Waals surface area contributed by atoms with Crippen LogP contribution in [0.25, 0.3) is 0 Å². The summed E-state index contributed by atoms with van der Waals surface area (Å²) < 4.78 is 114. The van der Waals surface area contributed by atoms with E-state index in [0.29, 0.717) is 27.4 Å². The highest BCUT2D eigenvalue weighted by molar-refractivity contribution is 7.89. The molecule has 0 aliphatic rings. The van der Waals surface area contributed by atoms with Gasteiger partial charge in [0.2, 0.25) is 37.7 Å². The zero-order chi connectivity index (χ0) is 46.3. The monoisotopic (exact) mass is 937 g/mol. The topological polar surface area (TPSA) is 210 Å². The van der Waals surface area contributed by atoms with Gasteiger partial charge in [0.05, 0.1) is 29.6 Å². The number of carbonyl (C=O) groups excluding carboxylic acids is 2. The number of ether oxygens (including phenoxy) is 2. The molecule has 6 N–H and O–H groups in total. The van der Waals surface area contributed by atoms with Crippen molar-refractivity contribution in [3.63, 3.8) is 0 Å². The molecule has 61 heavy (non-hydrogen) atoms. The first-order valence-electron chi connectivity index (χ1n) is 18.0. The van der Waals surface area contributed by atoms with E-state index >= 15 is 0 Å². The lowest BCUT2D eigenvalue weighted by Crippen LogP contribution is -2.17. The number of halogens is 6. The predicted octanol–water partition coefficient (Wildman–Crippen LogP) is 8.99. The lowest BCUT2D eigenvalue weighted by atomic mass is 10.1. The van der Waals surface area contributed by atoms with Gasteiger partial charge in [-0.2, -0.15) is 13.2 Å². The Labute approximate surface area is 365 Å². The number of amides is 2. The van der Waals surface area contributed by atoms with E-state index < -0.39 is 71.5 Å². The number of hydrogen-bond donors (Lipinski definition) is 4. The van der Waals surface area contributed by atoms with Crippen molar-refractivity contribution in [1.29, 1.82) is 0 Å². The first kappa shape index (κ1) is 43.4. The normalized spacial score (nSPS) is 12.2. The van der Waals surface area contributed by atoms with Crippen LogP contribution in [0.2, 0.25) is 15.1 Å². The third-order valence-electron chi connectivity index (χ3n) is 7.76. The Balaban J connectivity index is 0.000000239. The molecule has 5 aromatic carbocycles.